The molecule has 0 saturated carbocycles. The van der Waals surface area contributed by atoms with Gasteiger partial charge in [0.1, 0.15) is 6.61 Å². The molecule has 0 unspecified atom stereocenters. The summed E-state index contributed by atoms with van der Waals surface area (Å²) in [4.78, 5) is 16.2. The molecule has 0 aromatic carbocycles. The van der Waals surface area contributed by atoms with Crippen molar-refractivity contribution in [3.05, 3.63) is 0 Å². The first-order chi connectivity index (χ1) is 8.31. The first kappa shape index (κ1) is 12.8. The Hall–Kier alpha value is -0.650. The second-order valence-electron chi connectivity index (χ2n) is 4.78. The average molecular weight is 241 g/mol. The minimum atomic E-state index is 0.143. The summed E-state index contributed by atoms with van der Waals surface area (Å²) in [6.45, 7) is 8.91. The summed E-state index contributed by atoms with van der Waals surface area (Å²) in [5.74, 6) is 0.143. The van der Waals surface area contributed by atoms with Crippen molar-refractivity contribution in [2.24, 2.45) is 0 Å². The molecule has 5 heteroatoms. The predicted octanol–water partition coefficient (Wildman–Crippen LogP) is -0.471. The quantitative estimate of drug-likeness (QED) is 0.661. The SMILES string of the molecule is CCCOCC(=O)N1CCN(C2CNC2)CC1. The first-order valence-electron chi connectivity index (χ1n) is 6.61. The fourth-order valence-electron chi connectivity index (χ4n) is 2.26. The van der Waals surface area contributed by atoms with Crippen molar-refractivity contribution in [1.82, 2.24) is 15.1 Å². The van der Waals surface area contributed by atoms with Crippen LogP contribution in [-0.4, -0.2) is 74.2 Å². The van der Waals surface area contributed by atoms with Gasteiger partial charge >= 0.3 is 0 Å². The molecule has 2 heterocycles. The van der Waals surface area contributed by atoms with E-state index in [4.69, 9.17) is 4.74 Å². The molecule has 17 heavy (non-hydrogen) atoms. The maximum atomic E-state index is 11.8. The van der Waals surface area contributed by atoms with Crippen LogP contribution < -0.4 is 5.32 Å². The largest absolute Gasteiger partial charge is 0.372 e. The maximum absolute atomic E-state index is 11.8. The summed E-state index contributed by atoms with van der Waals surface area (Å²) in [5, 5.41) is 3.28. The Morgan fingerprint density at radius 2 is 2.00 bits per heavy atom. The Balaban J connectivity index is 1.65. The van der Waals surface area contributed by atoms with Crippen molar-refractivity contribution in [3.8, 4) is 0 Å². The highest BCUT2D eigenvalue weighted by Crippen LogP contribution is 2.09. The number of rotatable bonds is 5. The summed E-state index contributed by atoms with van der Waals surface area (Å²) < 4.78 is 5.29. The number of hydrogen-bond donors (Lipinski definition) is 1. The van der Waals surface area contributed by atoms with Gasteiger partial charge in [-0.1, -0.05) is 6.92 Å². The monoisotopic (exact) mass is 241 g/mol. The normalized spacial score (nSPS) is 22.5. The highest BCUT2D eigenvalue weighted by molar-refractivity contribution is 5.77. The molecule has 98 valence electrons. The zero-order valence-corrected chi connectivity index (χ0v) is 10.7. The van der Waals surface area contributed by atoms with E-state index in [2.05, 4.69) is 17.1 Å². The Morgan fingerprint density at radius 1 is 1.29 bits per heavy atom. The summed E-state index contributed by atoms with van der Waals surface area (Å²) in [6.07, 6.45) is 0.968. The van der Waals surface area contributed by atoms with Gasteiger partial charge < -0.3 is 15.0 Å². The Morgan fingerprint density at radius 3 is 2.53 bits per heavy atom. The van der Waals surface area contributed by atoms with E-state index < -0.39 is 0 Å². The molecule has 2 fully saturated rings. The fraction of sp³-hybridized carbons (Fsp3) is 0.917. The van der Waals surface area contributed by atoms with Gasteiger partial charge in [-0.3, -0.25) is 9.69 Å². The van der Waals surface area contributed by atoms with Gasteiger partial charge in [0.2, 0.25) is 5.91 Å². The van der Waals surface area contributed by atoms with Crippen molar-refractivity contribution in [1.29, 1.82) is 0 Å². The third kappa shape index (κ3) is 3.40. The molecular weight excluding hydrogens is 218 g/mol. The minimum absolute atomic E-state index is 0.143. The van der Waals surface area contributed by atoms with Gasteiger partial charge in [0, 0.05) is 51.9 Å². The number of carbonyl (C=O) groups is 1. The van der Waals surface area contributed by atoms with Crippen molar-refractivity contribution in [2.75, 3.05) is 52.5 Å². The van der Waals surface area contributed by atoms with E-state index >= 15 is 0 Å². The fourth-order valence-corrected chi connectivity index (χ4v) is 2.26. The van der Waals surface area contributed by atoms with Gasteiger partial charge in [-0.15, -0.1) is 0 Å². The molecule has 0 spiro atoms. The second kappa shape index (κ2) is 6.33. The molecule has 0 aromatic heterocycles. The van der Waals surface area contributed by atoms with Gasteiger partial charge in [-0.25, -0.2) is 0 Å². The standard InChI is InChI=1S/C12H23N3O2/c1-2-7-17-10-12(16)15-5-3-14(4-6-15)11-8-13-9-11/h11,13H,2-10H2,1H3. The van der Waals surface area contributed by atoms with E-state index in [0.29, 0.717) is 12.6 Å². The predicted molar refractivity (Wildman–Crippen MR) is 65.9 cm³/mol. The molecule has 0 bridgehead atoms. The zero-order valence-electron chi connectivity index (χ0n) is 10.7. The van der Waals surface area contributed by atoms with Crippen molar-refractivity contribution >= 4 is 5.91 Å². The Kier molecular flexibility index (Phi) is 4.76. The average Bonchev–Trinajstić information content (AvgIpc) is 2.28. The number of piperazine rings is 1. The summed E-state index contributed by atoms with van der Waals surface area (Å²) in [7, 11) is 0. The van der Waals surface area contributed by atoms with Crippen molar-refractivity contribution < 1.29 is 9.53 Å². The molecule has 2 aliphatic heterocycles. The highest BCUT2D eigenvalue weighted by Gasteiger charge is 2.28. The van der Waals surface area contributed by atoms with Gasteiger partial charge in [-0.2, -0.15) is 0 Å². The van der Waals surface area contributed by atoms with Crippen LogP contribution >= 0.6 is 0 Å². The van der Waals surface area contributed by atoms with E-state index in [1.165, 1.54) is 0 Å². The summed E-state index contributed by atoms with van der Waals surface area (Å²) >= 11 is 0. The van der Waals surface area contributed by atoms with Crippen LogP contribution in [0, 0.1) is 0 Å². The number of nitrogens with zero attached hydrogens (tertiary/aromatic N) is 2. The molecule has 2 aliphatic rings. The number of nitrogens with one attached hydrogen (secondary N) is 1. The topological polar surface area (TPSA) is 44.8 Å². The molecular formula is C12H23N3O2. The van der Waals surface area contributed by atoms with Crippen LogP contribution in [-0.2, 0) is 9.53 Å². The third-order valence-corrected chi connectivity index (χ3v) is 3.52. The Labute approximate surface area is 103 Å². The summed E-state index contributed by atoms with van der Waals surface area (Å²) in [6, 6.07) is 0.698. The molecule has 1 N–H and O–H groups in total. The van der Waals surface area contributed by atoms with Crippen LogP contribution in [0.15, 0.2) is 0 Å². The summed E-state index contributed by atoms with van der Waals surface area (Å²) in [5.41, 5.74) is 0. The van der Waals surface area contributed by atoms with Crippen LogP contribution in [0.4, 0.5) is 0 Å². The van der Waals surface area contributed by atoms with Crippen molar-refractivity contribution in [3.63, 3.8) is 0 Å². The Bertz CT molecular complexity index is 248. The minimum Gasteiger partial charge on any atom is -0.372 e. The number of hydrogen-bond acceptors (Lipinski definition) is 4. The third-order valence-electron chi connectivity index (χ3n) is 3.52. The van der Waals surface area contributed by atoms with Gasteiger partial charge in [-0.05, 0) is 6.42 Å². The number of amides is 1. The smallest absolute Gasteiger partial charge is 0.248 e. The highest BCUT2D eigenvalue weighted by atomic mass is 16.5. The first-order valence-corrected chi connectivity index (χ1v) is 6.61. The van der Waals surface area contributed by atoms with Crippen LogP contribution in [0.25, 0.3) is 0 Å². The van der Waals surface area contributed by atoms with Crippen LogP contribution in [0.3, 0.4) is 0 Å². The molecule has 0 aliphatic carbocycles. The van der Waals surface area contributed by atoms with E-state index in [0.717, 1.165) is 45.7 Å². The zero-order chi connectivity index (χ0) is 12.1. The molecule has 2 saturated heterocycles. The van der Waals surface area contributed by atoms with Crippen LogP contribution in [0.2, 0.25) is 0 Å². The lowest BCUT2D eigenvalue weighted by Gasteiger charge is -2.43. The molecule has 0 radical (unpaired) electrons. The van der Waals surface area contributed by atoms with E-state index in [1.807, 2.05) is 4.90 Å². The molecule has 1 amide bonds. The van der Waals surface area contributed by atoms with Gasteiger partial charge in [0.05, 0.1) is 0 Å². The van der Waals surface area contributed by atoms with Gasteiger partial charge in [0.25, 0.3) is 0 Å². The van der Waals surface area contributed by atoms with Crippen LogP contribution in [0.1, 0.15) is 13.3 Å². The van der Waals surface area contributed by atoms with E-state index in [9.17, 15) is 4.79 Å². The molecule has 0 atom stereocenters. The lowest BCUT2D eigenvalue weighted by Crippen LogP contribution is -2.62. The lowest BCUT2D eigenvalue weighted by molar-refractivity contribution is -0.138. The number of carbonyl (C=O) groups excluding carboxylic acids is 1. The lowest BCUT2D eigenvalue weighted by atomic mass is 10.1. The van der Waals surface area contributed by atoms with E-state index in [-0.39, 0.29) is 12.5 Å². The second-order valence-corrected chi connectivity index (χ2v) is 4.78. The molecule has 2 rings (SSSR count). The molecule has 5 nitrogen and oxygen atoms in total. The molecule has 0 aromatic rings. The maximum Gasteiger partial charge on any atom is 0.248 e. The van der Waals surface area contributed by atoms with Crippen molar-refractivity contribution in [2.45, 2.75) is 19.4 Å². The van der Waals surface area contributed by atoms with E-state index in [1.54, 1.807) is 0 Å². The van der Waals surface area contributed by atoms with Gasteiger partial charge in [0.15, 0.2) is 0 Å². The van der Waals surface area contributed by atoms with Crippen LogP contribution in [0.5, 0.6) is 0 Å². The number of ether oxygens (including phenoxy) is 1.